The third-order valence-electron chi connectivity index (χ3n) is 4.61. The van der Waals surface area contributed by atoms with Crippen LogP contribution >= 0.6 is 0 Å². The zero-order chi connectivity index (χ0) is 14.5. The van der Waals surface area contributed by atoms with Crippen LogP contribution in [0.5, 0.6) is 0 Å². The Morgan fingerprint density at radius 2 is 2.05 bits per heavy atom. The molecule has 0 saturated heterocycles. The molecule has 0 aliphatic heterocycles. The highest BCUT2D eigenvalue weighted by molar-refractivity contribution is 7.89. The van der Waals surface area contributed by atoms with Gasteiger partial charge in [-0.1, -0.05) is 6.42 Å². The van der Waals surface area contributed by atoms with Gasteiger partial charge in [-0.25, -0.2) is 17.5 Å². The molecule has 2 bridgehead atoms. The van der Waals surface area contributed by atoms with Crippen LogP contribution in [0.4, 0.5) is 10.1 Å². The maximum atomic E-state index is 13.5. The lowest BCUT2D eigenvalue weighted by molar-refractivity contribution is 0.390. The van der Waals surface area contributed by atoms with Crippen molar-refractivity contribution >= 4 is 15.7 Å². The topological polar surface area (TPSA) is 72.2 Å². The maximum absolute atomic E-state index is 13.5. The SMILES string of the molecule is Cc1cc(S(=O)(=O)NC2CC3CCC2C3)cc(N)c1F. The molecule has 2 aliphatic rings. The number of hydrogen-bond donors (Lipinski definition) is 2. The summed E-state index contributed by atoms with van der Waals surface area (Å²) in [6.07, 6.45) is 4.35. The molecule has 3 atom stereocenters. The predicted octanol–water partition coefficient (Wildman–Crippen LogP) is 2.18. The molecule has 3 N–H and O–H groups in total. The zero-order valence-corrected chi connectivity index (χ0v) is 12.2. The smallest absolute Gasteiger partial charge is 0.240 e. The van der Waals surface area contributed by atoms with Crippen LogP contribution in [0.2, 0.25) is 0 Å². The molecule has 20 heavy (non-hydrogen) atoms. The summed E-state index contributed by atoms with van der Waals surface area (Å²) in [5, 5.41) is 0. The molecule has 1 aromatic carbocycles. The molecule has 0 spiro atoms. The molecule has 4 nitrogen and oxygen atoms in total. The third-order valence-corrected chi connectivity index (χ3v) is 6.08. The lowest BCUT2D eigenvalue weighted by Gasteiger charge is -2.23. The van der Waals surface area contributed by atoms with Crippen molar-refractivity contribution in [2.24, 2.45) is 11.8 Å². The first-order chi connectivity index (χ1) is 9.37. The van der Waals surface area contributed by atoms with Gasteiger partial charge in [0, 0.05) is 6.04 Å². The highest BCUT2D eigenvalue weighted by Crippen LogP contribution is 2.44. The van der Waals surface area contributed by atoms with Crippen LogP contribution in [-0.2, 0) is 10.0 Å². The summed E-state index contributed by atoms with van der Waals surface area (Å²) in [6.45, 7) is 1.52. The van der Waals surface area contributed by atoms with Gasteiger partial charge in [0.15, 0.2) is 0 Å². The van der Waals surface area contributed by atoms with E-state index in [4.69, 9.17) is 5.73 Å². The number of anilines is 1. The fourth-order valence-corrected chi connectivity index (χ4v) is 5.01. The molecule has 0 radical (unpaired) electrons. The maximum Gasteiger partial charge on any atom is 0.240 e. The van der Waals surface area contributed by atoms with E-state index in [0.717, 1.165) is 19.3 Å². The summed E-state index contributed by atoms with van der Waals surface area (Å²) in [4.78, 5) is 0.0525. The molecule has 3 rings (SSSR count). The van der Waals surface area contributed by atoms with Crippen LogP contribution in [0.25, 0.3) is 0 Å². The highest BCUT2D eigenvalue weighted by Gasteiger charge is 2.41. The molecule has 2 aliphatic carbocycles. The molecule has 0 amide bonds. The fraction of sp³-hybridized carbons (Fsp3) is 0.571. The van der Waals surface area contributed by atoms with E-state index in [1.54, 1.807) is 0 Å². The van der Waals surface area contributed by atoms with Crippen molar-refractivity contribution in [3.05, 3.63) is 23.5 Å². The molecule has 0 heterocycles. The Morgan fingerprint density at radius 3 is 2.60 bits per heavy atom. The Labute approximate surface area is 118 Å². The fourth-order valence-electron chi connectivity index (χ4n) is 3.57. The van der Waals surface area contributed by atoms with E-state index in [2.05, 4.69) is 4.72 Å². The number of nitrogens with one attached hydrogen (secondary N) is 1. The molecule has 110 valence electrons. The highest BCUT2D eigenvalue weighted by atomic mass is 32.2. The minimum absolute atomic E-state index is 0.0188. The summed E-state index contributed by atoms with van der Waals surface area (Å²) >= 11 is 0. The van der Waals surface area contributed by atoms with Gasteiger partial charge in [0.1, 0.15) is 5.82 Å². The van der Waals surface area contributed by atoms with E-state index < -0.39 is 15.8 Å². The van der Waals surface area contributed by atoms with E-state index >= 15 is 0 Å². The standard InChI is InChI=1S/C14H19FN2O2S/c1-8-4-11(7-12(16)14(8)15)20(18,19)17-13-6-9-2-3-10(13)5-9/h4,7,9-10,13,17H,2-3,5-6,16H2,1H3. The lowest BCUT2D eigenvalue weighted by atomic mass is 9.96. The molecule has 6 heteroatoms. The average Bonchev–Trinajstić information content (AvgIpc) is 2.96. The number of aryl methyl sites for hydroxylation is 1. The van der Waals surface area contributed by atoms with Crippen LogP contribution in [-0.4, -0.2) is 14.5 Å². The summed E-state index contributed by atoms with van der Waals surface area (Å²) in [7, 11) is -3.62. The molecule has 1 aromatic rings. The second-order valence-corrected chi connectivity index (χ2v) is 7.76. The molecule has 0 aromatic heterocycles. The number of fused-ring (bicyclic) bond motifs is 2. The first kappa shape index (κ1) is 13.8. The Bertz CT molecular complexity index is 622. The Balaban J connectivity index is 1.85. The van der Waals surface area contributed by atoms with E-state index in [1.807, 2.05) is 0 Å². The summed E-state index contributed by atoms with van der Waals surface area (Å²) in [5.74, 6) is 0.560. The third kappa shape index (κ3) is 2.31. The van der Waals surface area contributed by atoms with Crippen LogP contribution in [0.1, 0.15) is 31.2 Å². The van der Waals surface area contributed by atoms with Crippen molar-refractivity contribution < 1.29 is 12.8 Å². The second-order valence-electron chi connectivity index (χ2n) is 6.05. The average molecular weight is 298 g/mol. The number of halogens is 1. The van der Waals surface area contributed by atoms with E-state index in [9.17, 15) is 12.8 Å². The van der Waals surface area contributed by atoms with Gasteiger partial charge in [-0.2, -0.15) is 0 Å². The van der Waals surface area contributed by atoms with Gasteiger partial charge in [-0.15, -0.1) is 0 Å². The predicted molar refractivity (Wildman–Crippen MR) is 75.1 cm³/mol. The quantitative estimate of drug-likeness (QED) is 0.840. The number of nitrogen functional groups attached to an aromatic ring is 1. The molecule has 2 fully saturated rings. The van der Waals surface area contributed by atoms with Gasteiger partial charge in [0.05, 0.1) is 10.6 Å². The summed E-state index contributed by atoms with van der Waals surface area (Å²) in [6, 6.07) is 2.55. The van der Waals surface area contributed by atoms with Crippen molar-refractivity contribution in [2.75, 3.05) is 5.73 Å². The van der Waals surface area contributed by atoms with Crippen LogP contribution in [0.15, 0.2) is 17.0 Å². The van der Waals surface area contributed by atoms with Crippen molar-refractivity contribution in [1.82, 2.24) is 4.72 Å². The number of rotatable bonds is 3. The van der Waals surface area contributed by atoms with Crippen LogP contribution in [0.3, 0.4) is 0 Å². The van der Waals surface area contributed by atoms with Crippen LogP contribution < -0.4 is 10.5 Å². The van der Waals surface area contributed by atoms with Crippen molar-refractivity contribution in [2.45, 2.75) is 43.5 Å². The van der Waals surface area contributed by atoms with Gasteiger partial charge in [-0.05, 0) is 55.7 Å². The largest absolute Gasteiger partial charge is 0.396 e. The van der Waals surface area contributed by atoms with E-state index in [0.29, 0.717) is 11.8 Å². The van der Waals surface area contributed by atoms with Gasteiger partial charge in [0.2, 0.25) is 10.0 Å². The van der Waals surface area contributed by atoms with Gasteiger partial charge in [-0.3, -0.25) is 0 Å². The van der Waals surface area contributed by atoms with Gasteiger partial charge >= 0.3 is 0 Å². The van der Waals surface area contributed by atoms with Gasteiger partial charge < -0.3 is 5.73 Å². The monoisotopic (exact) mass is 298 g/mol. The Kier molecular flexibility index (Phi) is 3.25. The van der Waals surface area contributed by atoms with Crippen molar-refractivity contribution in [3.63, 3.8) is 0 Å². The van der Waals surface area contributed by atoms with E-state index in [1.165, 1.54) is 25.5 Å². The molecular weight excluding hydrogens is 279 g/mol. The number of nitrogens with two attached hydrogens (primary N) is 1. The normalized spacial score (nSPS) is 29.0. The Hall–Kier alpha value is -1.14. The number of sulfonamides is 1. The Morgan fingerprint density at radius 1 is 1.30 bits per heavy atom. The molecule has 2 saturated carbocycles. The number of hydrogen-bond acceptors (Lipinski definition) is 3. The van der Waals surface area contributed by atoms with Gasteiger partial charge in [0.25, 0.3) is 0 Å². The first-order valence-corrected chi connectivity index (χ1v) is 8.43. The first-order valence-electron chi connectivity index (χ1n) is 6.95. The van der Waals surface area contributed by atoms with Crippen molar-refractivity contribution in [3.8, 4) is 0 Å². The number of benzene rings is 1. The minimum Gasteiger partial charge on any atom is -0.396 e. The zero-order valence-electron chi connectivity index (χ0n) is 11.4. The minimum atomic E-state index is -3.62. The second kappa shape index (κ2) is 4.70. The molecule has 3 unspecified atom stereocenters. The summed E-state index contributed by atoms with van der Waals surface area (Å²) < 4.78 is 41.0. The molecular formula is C14H19FN2O2S. The van der Waals surface area contributed by atoms with E-state index in [-0.39, 0.29) is 22.2 Å². The lowest BCUT2D eigenvalue weighted by Crippen LogP contribution is -2.38. The van der Waals surface area contributed by atoms with Crippen molar-refractivity contribution in [1.29, 1.82) is 0 Å². The van der Waals surface area contributed by atoms with Crippen LogP contribution in [0, 0.1) is 24.6 Å². The summed E-state index contributed by atoms with van der Waals surface area (Å²) in [5.41, 5.74) is 5.64.